The SMILES string of the molecule is [C-]#[N+]C(C(=O)OCC)c1ccc([N+](=O)[O-])cc1. The number of rotatable bonds is 4. The van der Waals surface area contributed by atoms with E-state index < -0.39 is 16.9 Å². The Morgan fingerprint density at radius 1 is 1.53 bits per heavy atom. The van der Waals surface area contributed by atoms with E-state index >= 15 is 0 Å². The van der Waals surface area contributed by atoms with Crippen LogP contribution in [0.3, 0.4) is 0 Å². The summed E-state index contributed by atoms with van der Waals surface area (Å²) in [7, 11) is 0. The van der Waals surface area contributed by atoms with E-state index in [-0.39, 0.29) is 12.3 Å². The zero-order valence-electron chi connectivity index (χ0n) is 9.12. The van der Waals surface area contributed by atoms with Crippen molar-refractivity contribution < 1.29 is 14.5 Å². The molecule has 0 amide bonds. The Hall–Kier alpha value is -2.42. The third-order valence-corrected chi connectivity index (χ3v) is 2.06. The summed E-state index contributed by atoms with van der Waals surface area (Å²) >= 11 is 0. The molecular weight excluding hydrogens is 224 g/mol. The predicted molar refractivity (Wildman–Crippen MR) is 59.1 cm³/mol. The lowest BCUT2D eigenvalue weighted by atomic mass is 10.1. The molecule has 6 nitrogen and oxygen atoms in total. The van der Waals surface area contributed by atoms with Gasteiger partial charge < -0.3 is 4.74 Å². The van der Waals surface area contributed by atoms with E-state index in [9.17, 15) is 14.9 Å². The summed E-state index contributed by atoms with van der Waals surface area (Å²) in [6.07, 6.45) is 0. The Bertz CT molecular complexity index is 461. The Morgan fingerprint density at radius 2 is 2.12 bits per heavy atom. The second kappa shape index (κ2) is 5.61. The van der Waals surface area contributed by atoms with E-state index in [0.717, 1.165) is 0 Å². The van der Waals surface area contributed by atoms with Crippen LogP contribution in [0.2, 0.25) is 0 Å². The number of non-ortho nitro benzene ring substituents is 1. The predicted octanol–water partition coefficient (Wildman–Crippen LogP) is 2.12. The molecule has 0 fully saturated rings. The number of nitro benzene ring substituents is 1. The first kappa shape index (κ1) is 12.6. The van der Waals surface area contributed by atoms with Gasteiger partial charge in [-0.05, 0) is 19.1 Å². The lowest BCUT2D eigenvalue weighted by Crippen LogP contribution is -2.12. The van der Waals surface area contributed by atoms with Crippen LogP contribution in [-0.4, -0.2) is 17.5 Å². The maximum Gasteiger partial charge on any atom is 0.395 e. The van der Waals surface area contributed by atoms with Gasteiger partial charge in [0.2, 0.25) is 0 Å². The van der Waals surface area contributed by atoms with Crippen molar-refractivity contribution in [3.05, 3.63) is 51.4 Å². The highest BCUT2D eigenvalue weighted by Crippen LogP contribution is 2.21. The van der Waals surface area contributed by atoms with Gasteiger partial charge in [-0.3, -0.25) is 15.0 Å². The van der Waals surface area contributed by atoms with Crippen molar-refractivity contribution in [1.82, 2.24) is 0 Å². The topological polar surface area (TPSA) is 73.8 Å². The van der Waals surface area contributed by atoms with Crippen molar-refractivity contribution >= 4 is 11.7 Å². The Morgan fingerprint density at radius 3 is 2.53 bits per heavy atom. The summed E-state index contributed by atoms with van der Waals surface area (Å²) in [6, 6.07) is 4.23. The summed E-state index contributed by atoms with van der Waals surface area (Å²) < 4.78 is 4.74. The minimum atomic E-state index is -1.06. The molecule has 0 heterocycles. The van der Waals surface area contributed by atoms with Gasteiger partial charge in [0.05, 0.1) is 11.5 Å². The van der Waals surface area contributed by atoms with Gasteiger partial charge >= 0.3 is 12.0 Å². The molecule has 1 aromatic carbocycles. The fourth-order valence-corrected chi connectivity index (χ4v) is 1.26. The molecule has 1 rings (SSSR count). The van der Waals surface area contributed by atoms with Gasteiger partial charge in [-0.15, -0.1) is 0 Å². The summed E-state index contributed by atoms with van der Waals surface area (Å²) in [5.41, 5.74) is 0.311. The lowest BCUT2D eigenvalue weighted by Gasteiger charge is -2.04. The van der Waals surface area contributed by atoms with Gasteiger partial charge in [0.25, 0.3) is 5.69 Å². The van der Waals surface area contributed by atoms with Crippen LogP contribution in [0.5, 0.6) is 0 Å². The van der Waals surface area contributed by atoms with Crippen molar-refractivity contribution in [2.45, 2.75) is 13.0 Å². The molecule has 1 atom stereocenters. The summed E-state index contributed by atoms with van der Waals surface area (Å²) in [5.74, 6) is -0.642. The van der Waals surface area contributed by atoms with Crippen LogP contribution in [0.25, 0.3) is 4.85 Å². The van der Waals surface area contributed by atoms with E-state index in [2.05, 4.69) is 4.85 Å². The molecule has 0 saturated heterocycles. The standard InChI is InChI=1S/C11H10N2O4/c1-3-17-11(14)10(12-2)8-4-6-9(7-5-8)13(15)16/h4-7,10H,3H2,1H3. The molecule has 1 unspecified atom stereocenters. The number of benzene rings is 1. The number of hydrogen-bond acceptors (Lipinski definition) is 4. The van der Waals surface area contributed by atoms with Crippen molar-refractivity contribution in [3.63, 3.8) is 0 Å². The molecular formula is C11H10N2O4. The van der Waals surface area contributed by atoms with Gasteiger partial charge in [0.1, 0.15) is 0 Å². The first-order valence-corrected chi connectivity index (χ1v) is 4.87. The normalized spacial score (nSPS) is 11.3. The van der Waals surface area contributed by atoms with Gasteiger partial charge in [0, 0.05) is 17.7 Å². The lowest BCUT2D eigenvalue weighted by molar-refractivity contribution is -0.384. The molecule has 0 aliphatic carbocycles. The molecule has 0 saturated carbocycles. The Kier molecular flexibility index (Phi) is 4.17. The zero-order valence-corrected chi connectivity index (χ0v) is 9.12. The van der Waals surface area contributed by atoms with Crippen LogP contribution in [0.15, 0.2) is 24.3 Å². The van der Waals surface area contributed by atoms with E-state index in [0.29, 0.717) is 5.56 Å². The molecule has 0 aliphatic heterocycles. The van der Waals surface area contributed by atoms with Gasteiger partial charge in [-0.1, -0.05) is 0 Å². The quantitative estimate of drug-likeness (QED) is 0.346. The number of carbonyl (C=O) groups is 1. The van der Waals surface area contributed by atoms with Crippen molar-refractivity contribution in [1.29, 1.82) is 0 Å². The monoisotopic (exact) mass is 234 g/mol. The smallest absolute Gasteiger partial charge is 0.395 e. The maximum absolute atomic E-state index is 11.4. The minimum Gasteiger partial charge on any atom is -0.460 e. The van der Waals surface area contributed by atoms with Crippen molar-refractivity contribution in [3.8, 4) is 0 Å². The van der Waals surface area contributed by atoms with Crippen LogP contribution in [-0.2, 0) is 9.53 Å². The third kappa shape index (κ3) is 3.01. The average Bonchev–Trinajstić information content (AvgIpc) is 2.31. The molecule has 0 spiro atoms. The van der Waals surface area contributed by atoms with E-state index in [1.54, 1.807) is 6.92 Å². The fraction of sp³-hybridized carbons (Fsp3) is 0.273. The molecule has 0 radical (unpaired) electrons. The largest absolute Gasteiger partial charge is 0.460 e. The number of ether oxygens (including phenoxy) is 1. The molecule has 17 heavy (non-hydrogen) atoms. The van der Waals surface area contributed by atoms with Crippen LogP contribution >= 0.6 is 0 Å². The average molecular weight is 234 g/mol. The van der Waals surface area contributed by atoms with Crippen molar-refractivity contribution in [2.75, 3.05) is 6.61 Å². The van der Waals surface area contributed by atoms with Gasteiger partial charge in [-0.2, -0.15) is 0 Å². The molecule has 0 aromatic heterocycles. The van der Waals surface area contributed by atoms with E-state index in [4.69, 9.17) is 11.3 Å². The highest BCUT2D eigenvalue weighted by Gasteiger charge is 2.27. The van der Waals surface area contributed by atoms with E-state index in [1.165, 1.54) is 24.3 Å². The van der Waals surface area contributed by atoms with Crippen LogP contribution in [0.1, 0.15) is 18.5 Å². The highest BCUT2D eigenvalue weighted by atomic mass is 16.6. The van der Waals surface area contributed by atoms with Gasteiger partial charge in [-0.25, -0.2) is 11.4 Å². The maximum atomic E-state index is 11.4. The Balaban J connectivity index is 2.94. The van der Waals surface area contributed by atoms with Crippen LogP contribution in [0, 0.1) is 16.7 Å². The molecule has 0 bridgehead atoms. The zero-order chi connectivity index (χ0) is 12.8. The number of esters is 1. The second-order valence-corrected chi connectivity index (χ2v) is 3.13. The fourth-order valence-electron chi connectivity index (χ4n) is 1.26. The first-order valence-electron chi connectivity index (χ1n) is 4.87. The summed E-state index contributed by atoms with van der Waals surface area (Å²) in [6.45, 7) is 8.77. The molecule has 88 valence electrons. The highest BCUT2D eigenvalue weighted by molar-refractivity contribution is 5.79. The first-order chi connectivity index (χ1) is 8.10. The summed E-state index contributed by atoms with van der Waals surface area (Å²) in [4.78, 5) is 24.5. The van der Waals surface area contributed by atoms with Gasteiger partial charge in [0.15, 0.2) is 0 Å². The number of nitrogens with zero attached hydrogens (tertiary/aromatic N) is 2. The van der Waals surface area contributed by atoms with Crippen LogP contribution < -0.4 is 0 Å². The molecule has 0 aliphatic rings. The minimum absolute atomic E-state index is 0.0821. The molecule has 1 aromatic rings. The molecule has 6 heteroatoms. The Labute approximate surface area is 97.8 Å². The number of carbonyl (C=O) groups excluding carboxylic acids is 1. The number of hydrogen-bond donors (Lipinski definition) is 0. The molecule has 0 N–H and O–H groups in total. The number of nitro groups is 1. The van der Waals surface area contributed by atoms with Crippen LogP contribution in [0.4, 0.5) is 5.69 Å². The van der Waals surface area contributed by atoms with Crippen molar-refractivity contribution in [2.24, 2.45) is 0 Å². The van der Waals surface area contributed by atoms with E-state index in [1.807, 2.05) is 0 Å². The second-order valence-electron chi connectivity index (χ2n) is 3.13. The summed E-state index contributed by atoms with van der Waals surface area (Å²) in [5, 5.41) is 10.4. The third-order valence-electron chi connectivity index (χ3n) is 2.06.